The van der Waals surface area contributed by atoms with E-state index in [1.54, 1.807) is 4.90 Å². The summed E-state index contributed by atoms with van der Waals surface area (Å²) < 4.78 is 0. The number of unbranched alkanes of at least 4 members (excludes halogenated alkanes) is 2. The highest BCUT2D eigenvalue weighted by atomic mass is 16.2. The van der Waals surface area contributed by atoms with Gasteiger partial charge in [0.05, 0.1) is 6.07 Å². The normalized spacial score (nSPS) is 9.93. The number of amides is 1. The predicted molar refractivity (Wildman–Crippen MR) is 56.6 cm³/mol. The summed E-state index contributed by atoms with van der Waals surface area (Å²) in [4.78, 5) is 13.3. The number of hydrogen-bond acceptors (Lipinski definition) is 2. The number of carbonyl (C=O) groups excluding carboxylic acids is 1. The van der Waals surface area contributed by atoms with Gasteiger partial charge in [-0.25, -0.2) is 0 Å². The van der Waals surface area contributed by atoms with Crippen LogP contribution in [0.3, 0.4) is 0 Å². The van der Waals surface area contributed by atoms with E-state index in [2.05, 4.69) is 6.92 Å². The van der Waals surface area contributed by atoms with Gasteiger partial charge in [0.15, 0.2) is 0 Å². The molecule has 0 saturated heterocycles. The highest BCUT2D eigenvalue weighted by molar-refractivity contribution is 5.76. The van der Waals surface area contributed by atoms with Crippen molar-refractivity contribution < 1.29 is 4.79 Å². The van der Waals surface area contributed by atoms with Crippen LogP contribution in [0.15, 0.2) is 0 Å². The molecule has 0 heterocycles. The van der Waals surface area contributed by atoms with Gasteiger partial charge in [-0.2, -0.15) is 5.26 Å². The third-order valence-corrected chi connectivity index (χ3v) is 2.18. The Bertz CT molecular complexity index is 206. The van der Waals surface area contributed by atoms with Gasteiger partial charge in [-0.3, -0.25) is 4.79 Å². The SMILES string of the molecule is CCCCCC(=O)N(CC#N)C(C)C. The van der Waals surface area contributed by atoms with Crippen LogP contribution in [0.4, 0.5) is 0 Å². The fraction of sp³-hybridized carbons (Fsp3) is 0.818. The minimum absolute atomic E-state index is 0.106. The van der Waals surface area contributed by atoms with E-state index >= 15 is 0 Å². The van der Waals surface area contributed by atoms with Crippen LogP contribution >= 0.6 is 0 Å². The van der Waals surface area contributed by atoms with Crippen molar-refractivity contribution in [2.45, 2.75) is 52.5 Å². The van der Waals surface area contributed by atoms with E-state index in [1.165, 1.54) is 0 Å². The average Bonchev–Trinajstić information content (AvgIpc) is 2.13. The Labute approximate surface area is 86.7 Å². The van der Waals surface area contributed by atoms with Crippen molar-refractivity contribution >= 4 is 5.91 Å². The summed E-state index contributed by atoms with van der Waals surface area (Å²) in [5, 5.41) is 8.56. The van der Waals surface area contributed by atoms with Gasteiger partial charge in [-0.05, 0) is 20.3 Å². The molecule has 0 aliphatic heterocycles. The molecule has 0 unspecified atom stereocenters. The summed E-state index contributed by atoms with van der Waals surface area (Å²) in [6, 6.07) is 2.15. The first-order chi connectivity index (χ1) is 6.63. The Morgan fingerprint density at radius 3 is 2.50 bits per heavy atom. The molecule has 0 radical (unpaired) electrons. The Balaban J connectivity index is 3.97. The van der Waals surface area contributed by atoms with E-state index in [9.17, 15) is 4.79 Å². The van der Waals surface area contributed by atoms with Gasteiger partial charge >= 0.3 is 0 Å². The van der Waals surface area contributed by atoms with Gasteiger partial charge < -0.3 is 4.90 Å². The largest absolute Gasteiger partial charge is 0.327 e. The molecule has 0 aliphatic carbocycles. The van der Waals surface area contributed by atoms with Crippen molar-refractivity contribution in [3.8, 4) is 6.07 Å². The van der Waals surface area contributed by atoms with E-state index in [-0.39, 0.29) is 18.5 Å². The summed E-state index contributed by atoms with van der Waals surface area (Å²) in [5.74, 6) is 0.106. The highest BCUT2D eigenvalue weighted by Crippen LogP contribution is 2.06. The molecular formula is C11H20N2O. The molecule has 3 nitrogen and oxygen atoms in total. The highest BCUT2D eigenvalue weighted by Gasteiger charge is 2.15. The summed E-state index contributed by atoms with van der Waals surface area (Å²) in [6.45, 7) is 6.20. The number of nitriles is 1. The summed E-state index contributed by atoms with van der Waals surface area (Å²) in [5.41, 5.74) is 0. The zero-order valence-corrected chi connectivity index (χ0v) is 9.42. The van der Waals surface area contributed by atoms with Crippen LogP contribution in [0, 0.1) is 11.3 Å². The lowest BCUT2D eigenvalue weighted by Gasteiger charge is -2.23. The first-order valence-corrected chi connectivity index (χ1v) is 5.29. The van der Waals surface area contributed by atoms with Gasteiger partial charge in [-0.15, -0.1) is 0 Å². The molecule has 0 aromatic carbocycles. The summed E-state index contributed by atoms with van der Waals surface area (Å²) in [6.07, 6.45) is 3.72. The van der Waals surface area contributed by atoms with Gasteiger partial charge in [-0.1, -0.05) is 19.8 Å². The molecule has 0 rings (SSSR count). The van der Waals surface area contributed by atoms with Gasteiger partial charge in [0, 0.05) is 12.5 Å². The Hall–Kier alpha value is -1.04. The smallest absolute Gasteiger partial charge is 0.223 e. The van der Waals surface area contributed by atoms with E-state index in [1.807, 2.05) is 19.9 Å². The van der Waals surface area contributed by atoms with Crippen molar-refractivity contribution in [1.82, 2.24) is 4.90 Å². The fourth-order valence-corrected chi connectivity index (χ4v) is 1.30. The van der Waals surface area contributed by atoms with E-state index < -0.39 is 0 Å². The Morgan fingerprint density at radius 1 is 1.43 bits per heavy atom. The first-order valence-electron chi connectivity index (χ1n) is 5.29. The number of hydrogen-bond donors (Lipinski definition) is 0. The third-order valence-electron chi connectivity index (χ3n) is 2.18. The Morgan fingerprint density at radius 2 is 2.07 bits per heavy atom. The van der Waals surface area contributed by atoms with Gasteiger partial charge in [0.25, 0.3) is 0 Å². The predicted octanol–water partition coefficient (Wildman–Crippen LogP) is 2.33. The van der Waals surface area contributed by atoms with Crippen molar-refractivity contribution in [2.75, 3.05) is 6.54 Å². The Kier molecular flexibility index (Phi) is 6.82. The van der Waals surface area contributed by atoms with Crippen LogP contribution in [-0.4, -0.2) is 23.4 Å². The maximum absolute atomic E-state index is 11.6. The molecule has 0 bridgehead atoms. The lowest BCUT2D eigenvalue weighted by molar-refractivity contribution is -0.132. The monoisotopic (exact) mass is 196 g/mol. The van der Waals surface area contributed by atoms with Gasteiger partial charge in [0.1, 0.15) is 6.54 Å². The quantitative estimate of drug-likeness (QED) is 0.483. The van der Waals surface area contributed by atoms with Crippen molar-refractivity contribution in [3.05, 3.63) is 0 Å². The molecule has 0 aromatic heterocycles. The molecule has 0 N–H and O–H groups in total. The lowest BCUT2D eigenvalue weighted by atomic mass is 10.2. The van der Waals surface area contributed by atoms with Gasteiger partial charge in [0.2, 0.25) is 5.91 Å². The standard InChI is InChI=1S/C11H20N2O/c1-4-5-6-7-11(14)13(9-8-12)10(2)3/h10H,4-7,9H2,1-3H3. The minimum Gasteiger partial charge on any atom is -0.327 e. The third kappa shape index (κ3) is 4.86. The zero-order chi connectivity index (χ0) is 11.0. The van der Waals surface area contributed by atoms with Crippen molar-refractivity contribution in [1.29, 1.82) is 5.26 Å². The molecule has 0 atom stereocenters. The topological polar surface area (TPSA) is 44.1 Å². The van der Waals surface area contributed by atoms with E-state index in [0.717, 1.165) is 19.3 Å². The average molecular weight is 196 g/mol. The maximum atomic E-state index is 11.6. The zero-order valence-electron chi connectivity index (χ0n) is 9.42. The molecular weight excluding hydrogens is 176 g/mol. The number of rotatable bonds is 6. The maximum Gasteiger partial charge on any atom is 0.223 e. The van der Waals surface area contributed by atoms with Crippen LogP contribution in [0.5, 0.6) is 0 Å². The second-order valence-electron chi connectivity index (χ2n) is 3.73. The molecule has 0 fully saturated rings. The van der Waals surface area contributed by atoms with Crippen LogP contribution < -0.4 is 0 Å². The number of nitrogens with zero attached hydrogens (tertiary/aromatic N) is 2. The van der Waals surface area contributed by atoms with Crippen LogP contribution in [0.25, 0.3) is 0 Å². The first kappa shape index (κ1) is 13.0. The second kappa shape index (κ2) is 7.37. The lowest BCUT2D eigenvalue weighted by Crippen LogP contribution is -2.37. The second-order valence-corrected chi connectivity index (χ2v) is 3.73. The van der Waals surface area contributed by atoms with Crippen LogP contribution in [0.2, 0.25) is 0 Å². The van der Waals surface area contributed by atoms with E-state index in [0.29, 0.717) is 6.42 Å². The molecule has 80 valence electrons. The molecule has 14 heavy (non-hydrogen) atoms. The number of carbonyl (C=O) groups is 1. The summed E-state index contributed by atoms with van der Waals surface area (Å²) >= 11 is 0. The van der Waals surface area contributed by atoms with Crippen molar-refractivity contribution in [3.63, 3.8) is 0 Å². The fourth-order valence-electron chi connectivity index (χ4n) is 1.30. The summed E-state index contributed by atoms with van der Waals surface area (Å²) in [7, 11) is 0. The van der Waals surface area contributed by atoms with Crippen LogP contribution in [0.1, 0.15) is 46.5 Å². The minimum atomic E-state index is 0.106. The molecule has 3 heteroatoms. The van der Waals surface area contributed by atoms with Crippen molar-refractivity contribution in [2.24, 2.45) is 0 Å². The van der Waals surface area contributed by atoms with E-state index in [4.69, 9.17) is 5.26 Å². The molecule has 0 aromatic rings. The van der Waals surface area contributed by atoms with Crippen LogP contribution in [-0.2, 0) is 4.79 Å². The molecule has 1 amide bonds. The molecule has 0 aliphatic rings. The molecule has 0 spiro atoms. The molecule has 0 saturated carbocycles.